The van der Waals surface area contributed by atoms with Crippen molar-refractivity contribution in [1.29, 1.82) is 5.41 Å². The molecule has 6 nitrogen and oxygen atoms in total. The Bertz CT molecular complexity index is 1340. The van der Waals surface area contributed by atoms with Crippen molar-refractivity contribution in [3.63, 3.8) is 0 Å². The Labute approximate surface area is 208 Å². The van der Waals surface area contributed by atoms with Crippen molar-refractivity contribution < 1.29 is 14.3 Å². The molecule has 0 spiro atoms. The molecule has 0 saturated carbocycles. The van der Waals surface area contributed by atoms with Gasteiger partial charge in [0.15, 0.2) is 5.17 Å². The summed E-state index contributed by atoms with van der Waals surface area (Å²) in [5, 5.41) is 11.2. The van der Waals surface area contributed by atoms with E-state index >= 15 is 0 Å². The van der Waals surface area contributed by atoms with Gasteiger partial charge in [-0.2, -0.15) is 4.99 Å². The van der Waals surface area contributed by atoms with E-state index in [0.717, 1.165) is 22.6 Å². The van der Waals surface area contributed by atoms with E-state index in [9.17, 15) is 4.79 Å². The predicted molar refractivity (Wildman–Crippen MR) is 141 cm³/mol. The Kier molecular flexibility index (Phi) is 6.50. The third-order valence-corrected chi connectivity index (χ3v) is 6.34. The predicted octanol–water partition coefficient (Wildman–Crippen LogP) is 5.76. The van der Waals surface area contributed by atoms with Crippen LogP contribution in [0.15, 0.2) is 94.8 Å². The summed E-state index contributed by atoms with van der Waals surface area (Å²) in [5.74, 6) is 1.22. The summed E-state index contributed by atoms with van der Waals surface area (Å²) in [6.45, 7) is 2.89. The van der Waals surface area contributed by atoms with Crippen molar-refractivity contribution in [3.05, 3.63) is 107 Å². The number of benzene rings is 3. The molecule has 0 saturated heterocycles. The van der Waals surface area contributed by atoms with Crippen molar-refractivity contribution in [2.24, 2.45) is 4.99 Å². The first-order chi connectivity index (χ1) is 17.1. The number of aryl methyl sites for hydroxylation is 1. The maximum atomic E-state index is 12.7. The number of thioether (sulfide) groups is 1. The topological polar surface area (TPSA) is 75.0 Å². The molecule has 1 amide bonds. The van der Waals surface area contributed by atoms with Crippen LogP contribution in [0.5, 0.6) is 11.5 Å². The second-order valence-corrected chi connectivity index (χ2v) is 8.84. The van der Waals surface area contributed by atoms with Crippen molar-refractivity contribution in [1.82, 2.24) is 4.90 Å². The van der Waals surface area contributed by atoms with E-state index in [1.807, 2.05) is 91.2 Å². The molecule has 0 atom stereocenters. The molecule has 3 aromatic rings. The molecule has 2 aliphatic rings. The van der Waals surface area contributed by atoms with Crippen LogP contribution >= 0.6 is 11.8 Å². The highest BCUT2D eigenvalue weighted by molar-refractivity contribution is 8.17. The van der Waals surface area contributed by atoms with Crippen LogP contribution in [0.3, 0.4) is 0 Å². The number of aliphatic imine (C=N–C) groups is 1. The first-order valence-electron chi connectivity index (χ1n) is 11.2. The number of ether oxygens (including phenoxy) is 2. The minimum absolute atomic E-state index is 0.119. The number of amides is 1. The Morgan fingerprint density at radius 2 is 1.54 bits per heavy atom. The quantitative estimate of drug-likeness (QED) is 0.343. The fourth-order valence-corrected chi connectivity index (χ4v) is 4.58. The molecule has 35 heavy (non-hydrogen) atoms. The van der Waals surface area contributed by atoms with E-state index in [2.05, 4.69) is 4.99 Å². The molecule has 2 heterocycles. The van der Waals surface area contributed by atoms with Gasteiger partial charge < -0.3 is 9.47 Å². The summed E-state index contributed by atoms with van der Waals surface area (Å²) in [4.78, 5) is 18.6. The van der Waals surface area contributed by atoms with Gasteiger partial charge in [0.25, 0.3) is 5.91 Å². The Morgan fingerprint density at radius 1 is 0.914 bits per heavy atom. The lowest BCUT2D eigenvalue weighted by Crippen LogP contribution is -2.38. The van der Waals surface area contributed by atoms with Crippen molar-refractivity contribution in [3.8, 4) is 11.5 Å². The number of hydrogen-bond donors (Lipinski definition) is 1. The summed E-state index contributed by atoms with van der Waals surface area (Å²) in [5.41, 5.74) is 4.04. The molecule has 174 valence electrons. The van der Waals surface area contributed by atoms with E-state index in [1.54, 1.807) is 11.0 Å². The number of carbonyl (C=O) groups is 1. The Hall–Kier alpha value is -4.10. The molecule has 7 heteroatoms. The van der Waals surface area contributed by atoms with E-state index < -0.39 is 5.91 Å². The van der Waals surface area contributed by atoms with Crippen LogP contribution in [0.1, 0.15) is 16.7 Å². The molecule has 0 aromatic heterocycles. The molecule has 0 aliphatic carbocycles. The number of carbonyl (C=O) groups excluding carboxylic acids is 1. The number of amidine groups is 2. The smallest absolute Gasteiger partial charge is 0.283 e. The molecule has 0 bridgehead atoms. The Morgan fingerprint density at radius 3 is 2.20 bits per heavy atom. The zero-order valence-electron chi connectivity index (χ0n) is 19.1. The molecule has 0 fully saturated rings. The van der Waals surface area contributed by atoms with Gasteiger partial charge in [0.1, 0.15) is 30.5 Å². The van der Waals surface area contributed by atoms with Gasteiger partial charge >= 0.3 is 0 Å². The summed E-state index contributed by atoms with van der Waals surface area (Å²) < 4.78 is 11.5. The van der Waals surface area contributed by atoms with Gasteiger partial charge in [-0.1, -0.05) is 71.9 Å². The van der Waals surface area contributed by atoms with Crippen LogP contribution in [-0.4, -0.2) is 35.0 Å². The molecular weight excluding hydrogens is 458 g/mol. The lowest BCUT2D eigenvalue weighted by molar-refractivity contribution is -0.114. The van der Waals surface area contributed by atoms with Gasteiger partial charge in [0.05, 0.1) is 11.3 Å². The van der Waals surface area contributed by atoms with Crippen LogP contribution in [0, 0.1) is 12.3 Å². The van der Waals surface area contributed by atoms with Gasteiger partial charge in [-0.15, -0.1) is 0 Å². The molecule has 1 N–H and O–H groups in total. The molecular formula is C28H23N3O3S. The minimum Gasteiger partial charge on any atom is -0.490 e. The third-order valence-electron chi connectivity index (χ3n) is 5.52. The second-order valence-electron chi connectivity index (χ2n) is 8.01. The van der Waals surface area contributed by atoms with E-state index in [4.69, 9.17) is 14.9 Å². The summed E-state index contributed by atoms with van der Waals surface area (Å²) >= 11 is 1.35. The summed E-state index contributed by atoms with van der Waals surface area (Å²) in [7, 11) is 0. The van der Waals surface area contributed by atoms with Gasteiger partial charge in [-0.25, -0.2) is 0 Å². The normalized spacial score (nSPS) is 16.1. The monoisotopic (exact) mass is 481 g/mol. The standard InChI is InChI=1S/C28H23N3O3S/c1-19-7-11-22(12-8-19)33-15-16-34-23-13-9-20(10-14-23)17-24-26(29)31-25(21-5-3-2-4-6-21)18-35-28(31)30-27(24)32/h2-14,17-18,29H,15-16H2,1H3. The lowest BCUT2D eigenvalue weighted by Gasteiger charge is -2.26. The van der Waals surface area contributed by atoms with Crippen molar-refractivity contribution >= 4 is 40.4 Å². The summed E-state index contributed by atoms with van der Waals surface area (Å²) in [6, 6.07) is 25.1. The van der Waals surface area contributed by atoms with Crippen LogP contribution in [0.4, 0.5) is 0 Å². The number of rotatable bonds is 7. The summed E-state index contributed by atoms with van der Waals surface area (Å²) in [6.07, 6.45) is 1.70. The maximum Gasteiger partial charge on any atom is 0.283 e. The van der Waals surface area contributed by atoms with Gasteiger partial charge in [0.2, 0.25) is 0 Å². The first kappa shape index (κ1) is 22.7. The van der Waals surface area contributed by atoms with E-state index in [0.29, 0.717) is 24.1 Å². The van der Waals surface area contributed by atoms with Crippen LogP contribution < -0.4 is 9.47 Å². The molecule has 0 unspecified atom stereocenters. The van der Waals surface area contributed by atoms with Gasteiger partial charge in [-0.3, -0.25) is 15.1 Å². The minimum atomic E-state index is -0.412. The largest absolute Gasteiger partial charge is 0.490 e. The molecule has 0 radical (unpaired) electrons. The van der Waals surface area contributed by atoms with Crippen LogP contribution in [-0.2, 0) is 4.79 Å². The highest BCUT2D eigenvalue weighted by atomic mass is 32.2. The first-order valence-corrected chi connectivity index (χ1v) is 12.0. The zero-order chi connectivity index (χ0) is 24.2. The van der Waals surface area contributed by atoms with E-state index in [1.165, 1.54) is 17.3 Å². The third kappa shape index (κ3) is 5.05. The van der Waals surface area contributed by atoms with Crippen LogP contribution in [0.2, 0.25) is 0 Å². The lowest BCUT2D eigenvalue weighted by atomic mass is 10.1. The fraction of sp³-hybridized carbons (Fsp3) is 0.107. The average molecular weight is 482 g/mol. The molecule has 5 rings (SSSR count). The highest BCUT2D eigenvalue weighted by Gasteiger charge is 2.36. The molecule has 2 aliphatic heterocycles. The second kappa shape index (κ2) is 10.0. The molecule has 3 aromatic carbocycles. The zero-order valence-corrected chi connectivity index (χ0v) is 19.9. The van der Waals surface area contributed by atoms with Gasteiger partial charge in [0, 0.05) is 5.41 Å². The Balaban J connectivity index is 1.24. The highest BCUT2D eigenvalue weighted by Crippen LogP contribution is 2.37. The van der Waals surface area contributed by atoms with Crippen molar-refractivity contribution in [2.45, 2.75) is 6.92 Å². The average Bonchev–Trinajstić information content (AvgIpc) is 3.31. The fourth-order valence-electron chi connectivity index (χ4n) is 3.69. The number of hydrogen-bond acceptors (Lipinski definition) is 5. The SMILES string of the molecule is Cc1ccc(OCCOc2ccc(C=C3C(=N)N4C(c5ccccc5)=CSC4=NC3=O)cc2)cc1. The van der Waals surface area contributed by atoms with Crippen LogP contribution in [0.25, 0.3) is 11.8 Å². The van der Waals surface area contributed by atoms with E-state index in [-0.39, 0.29) is 11.4 Å². The number of nitrogens with one attached hydrogen (secondary N) is 1. The maximum absolute atomic E-state index is 12.7. The van der Waals surface area contributed by atoms with Gasteiger partial charge in [-0.05, 0) is 48.4 Å². The number of fused-ring (bicyclic) bond motifs is 1. The van der Waals surface area contributed by atoms with Crippen molar-refractivity contribution in [2.75, 3.05) is 13.2 Å². The number of nitrogens with zero attached hydrogens (tertiary/aromatic N) is 2.